The molecule has 1 aliphatic heterocycles. The van der Waals surface area contributed by atoms with Gasteiger partial charge in [-0.15, -0.1) is 0 Å². The fraction of sp³-hybridized carbons (Fsp3) is 0.385. The molecule has 0 spiro atoms. The van der Waals surface area contributed by atoms with Gasteiger partial charge in [0.2, 0.25) is 5.91 Å². The number of nitrogens with one attached hydrogen (secondary N) is 2. The van der Waals surface area contributed by atoms with Gasteiger partial charge in [0.15, 0.2) is 0 Å². The Hall–Kier alpha value is -2.64. The predicted molar refractivity (Wildman–Crippen MR) is 75.9 cm³/mol. The fourth-order valence-electron chi connectivity index (χ4n) is 2.26. The van der Waals surface area contributed by atoms with Crippen LogP contribution >= 0.6 is 0 Å². The monoisotopic (exact) mass is 292 g/mol. The molecule has 8 heteroatoms. The molecule has 1 saturated heterocycles. The number of nitrogens with zero attached hydrogens (tertiary/aromatic N) is 2. The molecule has 1 aromatic rings. The molecule has 1 atom stereocenters. The maximum atomic E-state index is 12.2. The first-order valence-electron chi connectivity index (χ1n) is 6.62. The maximum Gasteiger partial charge on any atom is 0.322 e. The van der Waals surface area contributed by atoms with E-state index < -0.39 is 17.0 Å². The normalized spacial score (nSPS) is 18.0. The van der Waals surface area contributed by atoms with Crippen molar-refractivity contribution in [3.63, 3.8) is 0 Å². The van der Waals surface area contributed by atoms with Crippen molar-refractivity contribution in [3.8, 4) is 0 Å². The molecule has 0 saturated carbocycles. The first kappa shape index (κ1) is 14.8. The number of urea groups is 1. The maximum absolute atomic E-state index is 12.2. The second-order valence-electron chi connectivity index (χ2n) is 4.65. The summed E-state index contributed by atoms with van der Waals surface area (Å²) in [6.07, 6.45) is 0.508. The number of hydrogen-bond donors (Lipinski definition) is 2. The summed E-state index contributed by atoms with van der Waals surface area (Å²) in [4.78, 5) is 35.6. The van der Waals surface area contributed by atoms with Crippen LogP contribution < -0.4 is 10.6 Å². The first-order chi connectivity index (χ1) is 10.0. The van der Waals surface area contributed by atoms with Crippen LogP contribution in [0.15, 0.2) is 24.3 Å². The van der Waals surface area contributed by atoms with E-state index in [4.69, 9.17) is 0 Å². The molecule has 8 nitrogen and oxygen atoms in total. The van der Waals surface area contributed by atoms with E-state index in [0.717, 1.165) is 0 Å². The Morgan fingerprint density at radius 3 is 3.00 bits per heavy atom. The lowest BCUT2D eigenvalue weighted by atomic mass is 10.1. The van der Waals surface area contributed by atoms with Crippen LogP contribution in [0.3, 0.4) is 0 Å². The van der Waals surface area contributed by atoms with E-state index in [-0.39, 0.29) is 11.6 Å². The molecule has 0 aromatic heterocycles. The van der Waals surface area contributed by atoms with Crippen LogP contribution in [0.5, 0.6) is 0 Å². The summed E-state index contributed by atoms with van der Waals surface area (Å²) in [6, 6.07) is 4.74. The molecule has 0 aliphatic carbocycles. The predicted octanol–water partition coefficient (Wildman–Crippen LogP) is 1.34. The number of rotatable bonds is 3. The summed E-state index contributed by atoms with van der Waals surface area (Å²) in [5.41, 5.74) is 0.228. The Balaban J connectivity index is 2.11. The van der Waals surface area contributed by atoms with E-state index in [2.05, 4.69) is 10.6 Å². The highest BCUT2D eigenvalue weighted by Crippen LogP contribution is 2.18. The van der Waals surface area contributed by atoms with Crippen molar-refractivity contribution in [2.24, 2.45) is 0 Å². The summed E-state index contributed by atoms with van der Waals surface area (Å²) in [5.74, 6) is -0.182. The van der Waals surface area contributed by atoms with E-state index in [0.29, 0.717) is 25.2 Å². The average Bonchev–Trinajstić information content (AvgIpc) is 2.47. The zero-order valence-corrected chi connectivity index (χ0v) is 11.5. The molecule has 3 amide bonds. The molecular weight excluding hydrogens is 276 g/mol. The minimum atomic E-state index is -0.529. The Morgan fingerprint density at radius 2 is 2.33 bits per heavy atom. The summed E-state index contributed by atoms with van der Waals surface area (Å²) in [7, 11) is 0. The van der Waals surface area contributed by atoms with Crippen molar-refractivity contribution in [1.29, 1.82) is 0 Å². The van der Waals surface area contributed by atoms with Crippen molar-refractivity contribution in [3.05, 3.63) is 34.4 Å². The van der Waals surface area contributed by atoms with Gasteiger partial charge >= 0.3 is 6.03 Å². The van der Waals surface area contributed by atoms with E-state index in [9.17, 15) is 19.7 Å². The van der Waals surface area contributed by atoms with Crippen LogP contribution in [0.4, 0.5) is 16.2 Å². The van der Waals surface area contributed by atoms with Crippen molar-refractivity contribution in [1.82, 2.24) is 10.2 Å². The highest BCUT2D eigenvalue weighted by atomic mass is 16.6. The van der Waals surface area contributed by atoms with Gasteiger partial charge in [-0.25, -0.2) is 4.79 Å². The minimum absolute atomic E-state index is 0.101. The second-order valence-corrected chi connectivity index (χ2v) is 4.65. The average molecular weight is 292 g/mol. The van der Waals surface area contributed by atoms with E-state index in [1.807, 2.05) is 6.92 Å². The van der Waals surface area contributed by atoms with E-state index in [1.54, 1.807) is 6.07 Å². The molecule has 0 bridgehead atoms. The Labute approximate surface area is 121 Å². The smallest absolute Gasteiger partial charge is 0.322 e. The number of benzene rings is 1. The molecular formula is C13H16N4O4. The van der Waals surface area contributed by atoms with E-state index >= 15 is 0 Å². The van der Waals surface area contributed by atoms with Crippen LogP contribution in [-0.4, -0.2) is 40.9 Å². The number of amides is 3. The number of piperazine rings is 1. The van der Waals surface area contributed by atoms with Gasteiger partial charge < -0.3 is 15.5 Å². The van der Waals surface area contributed by atoms with Gasteiger partial charge in [-0.2, -0.15) is 0 Å². The quantitative estimate of drug-likeness (QED) is 0.647. The third-order valence-electron chi connectivity index (χ3n) is 3.29. The number of hydrogen-bond acceptors (Lipinski definition) is 4. The number of anilines is 1. The first-order valence-corrected chi connectivity index (χ1v) is 6.62. The third-order valence-corrected chi connectivity index (χ3v) is 3.29. The molecule has 1 unspecified atom stereocenters. The van der Waals surface area contributed by atoms with Gasteiger partial charge in [-0.05, 0) is 12.5 Å². The van der Waals surface area contributed by atoms with Gasteiger partial charge in [0.1, 0.15) is 6.04 Å². The van der Waals surface area contributed by atoms with Crippen LogP contribution in [0.1, 0.15) is 13.3 Å². The Bertz CT molecular complexity index is 575. The molecule has 1 fully saturated rings. The minimum Gasteiger partial charge on any atom is -0.353 e. The summed E-state index contributed by atoms with van der Waals surface area (Å²) >= 11 is 0. The number of nitro groups is 1. The number of carbonyl (C=O) groups is 2. The number of nitro benzene ring substituents is 1. The molecule has 112 valence electrons. The van der Waals surface area contributed by atoms with Crippen LogP contribution in [0, 0.1) is 10.1 Å². The molecule has 2 N–H and O–H groups in total. The van der Waals surface area contributed by atoms with Crippen molar-refractivity contribution >= 4 is 23.3 Å². The topological polar surface area (TPSA) is 105 Å². The van der Waals surface area contributed by atoms with Gasteiger partial charge in [-0.1, -0.05) is 13.0 Å². The van der Waals surface area contributed by atoms with Crippen molar-refractivity contribution in [2.75, 3.05) is 18.4 Å². The molecule has 1 aromatic carbocycles. The zero-order valence-electron chi connectivity index (χ0n) is 11.5. The van der Waals surface area contributed by atoms with E-state index in [1.165, 1.54) is 23.1 Å². The molecule has 0 radical (unpaired) electrons. The molecule has 1 heterocycles. The van der Waals surface area contributed by atoms with Gasteiger partial charge in [0.25, 0.3) is 5.69 Å². The lowest BCUT2D eigenvalue weighted by Gasteiger charge is -2.34. The third kappa shape index (κ3) is 3.28. The standard InChI is InChI=1S/C13H16N4O4/c1-2-11-12(18)14-6-7-16(11)13(19)15-9-4-3-5-10(8-9)17(20)21/h3-5,8,11H,2,6-7H2,1H3,(H,14,18)(H,15,19). The van der Waals surface area contributed by atoms with Crippen LogP contribution in [0.2, 0.25) is 0 Å². The highest BCUT2D eigenvalue weighted by Gasteiger charge is 2.31. The van der Waals surface area contributed by atoms with Gasteiger partial charge in [0, 0.05) is 30.9 Å². The molecule has 21 heavy (non-hydrogen) atoms. The lowest BCUT2D eigenvalue weighted by molar-refractivity contribution is -0.384. The van der Waals surface area contributed by atoms with Gasteiger partial charge in [-0.3, -0.25) is 14.9 Å². The SMILES string of the molecule is CCC1C(=O)NCCN1C(=O)Nc1cccc([N+](=O)[O-])c1. The van der Waals surface area contributed by atoms with Gasteiger partial charge in [0.05, 0.1) is 4.92 Å². The summed E-state index contributed by atoms with van der Waals surface area (Å²) in [5, 5.41) is 16.0. The Kier molecular flexibility index (Phi) is 4.36. The Morgan fingerprint density at radius 1 is 1.57 bits per heavy atom. The fourth-order valence-corrected chi connectivity index (χ4v) is 2.26. The summed E-state index contributed by atoms with van der Waals surface area (Å²) < 4.78 is 0. The number of carbonyl (C=O) groups excluding carboxylic acids is 2. The van der Waals surface area contributed by atoms with Crippen molar-refractivity contribution < 1.29 is 14.5 Å². The lowest BCUT2D eigenvalue weighted by Crippen LogP contribution is -2.57. The second kappa shape index (κ2) is 6.21. The molecule has 2 rings (SSSR count). The summed E-state index contributed by atoms with van der Waals surface area (Å²) in [6.45, 7) is 2.63. The highest BCUT2D eigenvalue weighted by molar-refractivity contribution is 5.94. The van der Waals surface area contributed by atoms with Crippen LogP contribution in [0.25, 0.3) is 0 Å². The largest absolute Gasteiger partial charge is 0.353 e. The molecule has 1 aliphatic rings. The van der Waals surface area contributed by atoms with Crippen LogP contribution in [-0.2, 0) is 4.79 Å². The van der Waals surface area contributed by atoms with Crippen molar-refractivity contribution in [2.45, 2.75) is 19.4 Å². The number of non-ortho nitro benzene ring substituents is 1. The zero-order chi connectivity index (χ0) is 15.4.